The summed E-state index contributed by atoms with van der Waals surface area (Å²) in [4.78, 5) is 42.9. The van der Waals surface area contributed by atoms with Gasteiger partial charge >= 0.3 is 0 Å². The van der Waals surface area contributed by atoms with E-state index >= 15 is 0 Å². The molecule has 1 aliphatic rings. The van der Waals surface area contributed by atoms with Crippen molar-refractivity contribution < 1.29 is 14.4 Å². The molecule has 3 amide bonds. The molecule has 3 aromatic rings. The van der Waals surface area contributed by atoms with Crippen molar-refractivity contribution in [2.24, 2.45) is 0 Å². The second kappa shape index (κ2) is 9.29. The van der Waals surface area contributed by atoms with E-state index in [2.05, 4.69) is 5.32 Å². The summed E-state index contributed by atoms with van der Waals surface area (Å²) in [5.41, 5.74) is 2.01. The van der Waals surface area contributed by atoms with Crippen LogP contribution in [0, 0.1) is 0 Å². The van der Waals surface area contributed by atoms with Gasteiger partial charge in [-0.3, -0.25) is 19.3 Å². The minimum atomic E-state index is -0.675. The van der Waals surface area contributed by atoms with Crippen LogP contribution in [-0.2, 0) is 16.0 Å². The fraction of sp³-hybridized carbons (Fsp3) is 0.321. The van der Waals surface area contributed by atoms with E-state index in [1.165, 1.54) is 4.90 Å². The van der Waals surface area contributed by atoms with E-state index in [1.807, 2.05) is 81.4 Å². The highest BCUT2D eigenvalue weighted by molar-refractivity contribution is 6.26. The third-order valence-corrected chi connectivity index (χ3v) is 6.09. The number of carbonyl (C=O) groups is 3. The Balaban J connectivity index is 1.58. The van der Waals surface area contributed by atoms with Gasteiger partial charge in [0.25, 0.3) is 5.91 Å². The molecule has 1 N–H and O–H groups in total. The maximum absolute atomic E-state index is 13.6. The molecule has 176 valence electrons. The summed E-state index contributed by atoms with van der Waals surface area (Å²) in [7, 11) is 0. The van der Waals surface area contributed by atoms with Crippen LogP contribution in [0.15, 0.2) is 66.7 Å². The van der Waals surface area contributed by atoms with E-state index in [-0.39, 0.29) is 24.3 Å². The van der Waals surface area contributed by atoms with Crippen LogP contribution in [-0.4, -0.2) is 47.3 Å². The summed E-state index contributed by atoms with van der Waals surface area (Å²) in [5, 5.41) is 4.81. The molecular formula is C28H31N3O3. The Morgan fingerprint density at radius 2 is 1.65 bits per heavy atom. The Morgan fingerprint density at radius 3 is 2.32 bits per heavy atom. The first kappa shape index (κ1) is 23.5. The van der Waals surface area contributed by atoms with Crippen molar-refractivity contribution in [2.45, 2.75) is 45.7 Å². The first-order valence-electron chi connectivity index (χ1n) is 11.6. The predicted octanol–water partition coefficient (Wildman–Crippen LogP) is 4.17. The summed E-state index contributed by atoms with van der Waals surface area (Å²) in [6, 6.07) is 20.5. The van der Waals surface area contributed by atoms with Crippen molar-refractivity contribution in [2.75, 3.05) is 18.0 Å². The average Bonchev–Trinajstić information content (AvgIpc) is 3.06. The predicted molar refractivity (Wildman–Crippen MR) is 135 cm³/mol. The Labute approximate surface area is 200 Å². The van der Waals surface area contributed by atoms with Crippen molar-refractivity contribution in [3.63, 3.8) is 0 Å². The topological polar surface area (TPSA) is 69.7 Å². The fourth-order valence-electron chi connectivity index (χ4n) is 4.41. The van der Waals surface area contributed by atoms with Crippen molar-refractivity contribution >= 4 is 34.2 Å². The highest BCUT2D eigenvalue weighted by Crippen LogP contribution is 2.37. The van der Waals surface area contributed by atoms with Crippen LogP contribution >= 0.6 is 0 Å². The molecule has 6 heteroatoms. The molecule has 0 saturated carbocycles. The van der Waals surface area contributed by atoms with Crippen LogP contribution in [0.3, 0.4) is 0 Å². The molecule has 0 radical (unpaired) electrons. The van der Waals surface area contributed by atoms with E-state index < -0.39 is 11.6 Å². The quantitative estimate of drug-likeness (QED) is 0.579. The molecule has 1 aliphatic heterocycles. The van der Waals surface area contributed by atoms with Crippen LogP contribution in [0.25, 0.3) is 10.8 Å². The molecule has 1 heterocycles. The molecule has 1 atom stereocenters. The van der Waals surface area contributed by atoms with E-state index in [4.69, 9.17) is 0 Å². The van der Waals surface area contributed by atoms with Gasteiger partial charge in [0.05, 0.1) is 5.69 Å². The third-order valence-electron chi connectivity index (χ3n) is 6.09. The first-order chi connectivity index (χ1) is 16.2. The van der Waals surface area contributed by atoms with Gasteiger partial charge in [-0.2, -0.15) is 0 Å². The zero-order valence-corrected chi connectivity index (χ0v) is 20.2. The van der Waals surface area contributed by atoms with Gasteiger partial charge in [0.15, 0.2) is 0 Å². The molecular weight excluding hydrogens is 426 g/mol. The molecule has 0 bridgehead atoms. The number of amides is 3. The fourth-order valence-corrected chi connectivity index (χ4v) is 4.41. The summed E-state index contributed by atoms with van der Waals surface area (Å²) in [5.74, 6) is -0.660. The van der Waals surface area contributed by atoms with Crippen molar-refractivity contribution in [3.05, 3.63) is 77.9 Å². The molecule has 34 heavy (non-hydrogen) atoms. The number of nitrogens with zero attached hydrogens (tertiary/aromatic N) is 2. The highest BCUT2D eigenvalue weighted by Gasteiger charge is 2.34. The summed E-state index contributed by atoms with van der Waals surface area (Å²) in [6.45, 7) is 7.73. The van der Waals surface area contributed by atoms with Gasteiger partial charge in [-0.25, -0.2) is 0 Å². The van der Waals surface area contributed by atoms with E-state index in [0.29, 0.717) is 18.5 Å². The van der Waals surface area contributed by atoms with Gasteiger partial charge in [-0.1, -0.05) is 54.6 Å². The monoisotopic (exact) mass is 457 g/mol. The van der Waals surface area contributed by atoms with Gasteiger partial charge in [0, 0.05) is 23.0 Å². The summed E-state index contributed by atoms with van der Waals surface area (Å²) < 4.78 is 0. The minimum absolute atomic E-state index is 0.117. The average molecular weight is 458 g/mol. The maximum atomic E-state index is 13.6. The molecule has 0 unspecified atom stereocenters. The number of nitrogens with one attached hydrogen (secondary N) is 1. The van der Waals surface area contributed by atoms with Gasteiger partial charge < -0.3 is 10.2 Å². The van der Waals surface area contributed by atoms with Crippen LogP contribution in [0.5, 0.6) is 0 Å². The molecule has 6 nitrogen and oxygen atoms in total. The number of carbonyl (C=O) groups excluding carboxylic acids is 3. The van der Waals surface area contributed by atoms with E-state index in [9.17, 15) is 14.4 Å². The number of rotatable bonds is 7. The molecule has 0 spiro atoms. The minimum Gasteiger partial charge on any atom is -0.350 e. The van der Waals surface area contributed by atoms with E-state index in [0.717, 1.165) is 22.0 Å². The Hall–Kier alpha value is -3.67. The van der Waals surface area contributed by atoms with Gasteiger partial charge in [-0.15, -0.1) is 0 Å². The van der Waals surface area contributed by atoms with Crippen molar-refractivity contribution in [1.29, 1.82) is 0 Å². The zero-order valence-electron chi connectivity index (χ0n) is 20.2. The van der Waals surface area contributed by atoms with Crippen LogP contribution in [0.2, 0.25) is 0 Å². The second-order valence-electron chi connectivity index (χ2n) is 9.81. The van der Waals surface area contributed by atoms with Crippen molar-refractivity contribution in [3.8, 4) is 0 Å². The van der Waals surface area contributed by atoms with Crippen LogP contribution < -0.4 is 10.2 Å². The molecule has 0 fully saturated rings. The largest absolute Gasteiger partial charge is 0.350 e. The first-order valence-corrected chi connectivity index (χ1v) is 11.6. The lowest BCUT2D eigenvalue weighted by atomic mass is 10.1. The summed E-state index contributed by atoms with van der Waals surface area (Å²) in [6.07, 6.45) is 0.615. The highest BCUT2D eigenvalue weighted by atomic mass is 16.2. The molecule has 4 rings (SSSR count). The lowest BCUT2D eigenvalue weighted by Gasteiger charge is -2.32. The lowest BCUT2D eigenvalue weighted by molar-refractivity contribution is -0.139. The molecule has 3 aromatic carbocycles. The van der Waals surface area contributed by atoms with Crippen molar-refractivity contribution in [1.82, 2.24) is 10.2 Å². The number of anilines is 1. The lowest BCUT2D eigenvalue weighted by Crippen LogP contribution is -2.54. The van der Waals surface area contributed by atoms with Crippen LogP contribution in [0.4, 0.5) is 5.69 Å². The molecule has 0 aliphatic carbocycles. The Morgan fingerprint density at radius 1 is 0.971 bits per heavy atom. The molecule has 0 aromatic heterocycles. The van der Waals surface area contributed by atoms with E-state index in [1.54, 1.807) is 17.9 Å². The Kier molecular flexibility index (Phi) is 6.42. The normalized spacial score (nSPS) is 13.8. The SMILES string of the molecule is C[C@@H](C(=O)NC(C)(C)C)N(CCc1ccccc1)C(=O)CN1C(=O)c2cccc3cccc1c23. The van der Waals surface area contributed by atoms with Gasteiger partial charge in [0.1, 0.15) is 12.6 Å². The standard InChI is InChI=1S/C28H31N3O3/c1-19(26(33)29-28(2,3)4)30(17-16-20-10-6-5-7-11-20)24(32)18-31-23-15-9-13-21-12-8-14-22(25(21)23)27(31)34/h5-15,19H,16-18H2,1-4H3,(H,29,33)/t19-/m0/s1. The zero-order chi connectivity index (χ0) is 24.5. The smallest absolute Gasteiger partial charge is 0.259 e. The third kappa shape index (κ3) is 4.81. The molecule has 0 saturated heterocycles. The number of hydrogen-bond donors (Lipinski definition) is 1. The van der Waals surface area contributed by atoms with Gasteiger partial charge in [-0.05, 0) is 57.2 Å². The van der Waals surface area contributed by atoms with Gasteiger partial charge in [0.2, 0.25) is 11.8 Å². The van der Waals surface area contributed by atoms with Crippen LogP contribution in [0.1, 0.15) is 43.6 Å². The maximum Gasteiger partial charge on any atom is 0.259 e. The number of benzene rings is 3. The second-order valence-corrected chi connectivity index (χ2v) is 9.81. The summed E-state index contributed by atoms with van der Waals surface area (Å²) >= 11 is 0. The number of hydrogen-bond acceptors (Lipinski definition) is 3. The Bertz CT molecular complexity index is 1230.